The summed E-state index contributed by atoms with van der Waals surface area (Å²) in [6.45, 7) is -6.56. The third-order valence-electron chi connectivity index (χ3n) is 8.48. The fourth-order valence-corrected chi connectivity index (χ4v) is 4.09. The zero-order valence-corrected chi connectivity index (χ0v) is 30.2. The van der Waals surface area contributed by atoms with Crippen LogP contribution in [0.25, 0.3) is 0 Å². The highest BCUT2D eigenvalue weighted by Crippen LogP contribution is 2.66. The smallest absolute Gasteiger partial charge is 0.396 e. The summed E-state index contributed by atoms with van der Waals surface area (Å²) in [4.78, 5) is 0. The van der Waals surface area contributed by atoms with Crippen LogP contribution in [0, 0.1) is 5.41 Å². The molecule has 3 nitrogen and oxygen atoms in total. The normalized spacial score (nSPS) is 17.4. The van der Waals surface area contributed by atoms with Crippen LogP contribution in [-0.4, -0.2) is 133 Å². The fourth-order valence-electron chi connectivity index (χ4n) is 4.09. The van der Waals surface area contributed by atoms with Gasteiger partial charge in [0.25, 0.3) is 0 Å². The zero-order chi connectivity index (χ0) is 53.0. The lowest BCUT2D eigenvalue weighted by Crippen LogP contribution is -2.74. The molecule has 0 aliphatic heterocycles. The number of aliphatic hydroxyl groups is 1. The maximum atomic E-state index is 14.0. The van der Waals surface area contributed by atoms with Crippen molar-refractivity contribution in [2.45, 2.75) is 109 Å². The van der Waals surface area contributed by atoms with Crippen molar-refractivity contribution in [3.8, 4) is 0 Å². The molecule has 388 valence electrons. The predicted octanol–water partition coefficient (Wildman–Crippen LogP) is 12.5. The molecule has 0 aliphatic carbocycles. The molecule has 0 spiro atoms. The van der Waals surface area contributed by atoms with Crippen LogP contribution in [0.15, 0.2) is 24.3 Å². The lowest BCUT2D eigenvalue weighted by atomic mass is 9.88. The van der Waals surface area contributed by atoms with E-state index in [-0.39, 0.29) is 0 Å². The number of aliphatic hydroxyl groups excluding tert-OH is 1. The van der Waals surface area contributed by atoms with E-state index in [2.05, 4.69) is 9.47 Å². The molecule has 0 radical (unpaired) electrons. The summed E-state index contributed by atoms with van der Waals surface area (Å²) < 4.78 is 463. The number of rotatable bonds is 24. The molecule has 0 atom stereocenters. The fraction of sp³-hybridized carbons (Fsp3) is 0.857. The van der Waals surface area contributed by atoms with Crippen molar-refractivity contribution in [3.63, 3.8) is 0 Å². The highest BCUT2D eigenvalue weighted by Gasteiger charge is 2.96. The van der Waals surface area contributed by atoms with Crippen LogP contribution in [0.4, 0.5) is 149 Å². The minimum absolute atomic E-state index is 0.638. The number of hydrogen-bond donors (Lipinski definition) is 1. The van der Waals surface area contributed by atoms with E-state index in [1.807, 2.05) is 0 Å². The van der Waals surface area contributed by atoms with Gasteiger partial charge in [-0.05, 0) is 18.6 Å². The molecule has 0 heterocycles. The van der Waals surface area contributed by atoms with Gasteiger partial charge in [-0.2, -0.15) is 149 Å². The van der Waals surface area contributed by atoms with Crippen LogP contribution < -0.4 is 0 Å². The first-order valence-electron chi connectivity index (χ1n) is 15.6. The Hall–Kier alpha value is -3.02. The summed E-state index contributed by atoms with van der Waals surface area (Å²) in [5.41, 5.74) is -2.16. The monoisotopic (exact) mass is 1050 g/mol. The second-order valence-electron chi connectivity index (χ2n) is 13.0. The van der Waals surface area contributed by atoms with Crippen molar-refractivity contribution in [2.75, 3.05) is 33.0 Å². The molecular weight excluding hydrogens is 1030 g/mol. The Morgan fingerprint density at radius 3 is 0.708 bits per heavy atom. The van der Waals surface area contributed by atoms with Gasteiger partial charge in [-0.1, -0.05) is 19.1 Å². The van der Waals surface area contributed by atoms with E-state index in [0.717, 1.165) is 6.92 Å². The third kappa shape index (κ3) is 9.56. The van der Waals surface area contributed by atoms with E-state index in [0.29, 0.717) is 0 Å². The maximum absolute atomic E-state index is 14.0. The van der Waals surface area contributed by atoms with Crippen LogP contribution in [-0.2, 0) is 9.47 Å². The second-order valence-corrected chi connectivity index (χ2v) is 13.0. The van der Waals surface area contributed by atoms with Gasteiger partial charge in [-0.15, -0.1) is 0 Å². The molecule has 0 saturated carbocycles. The van der Waals surface area contributed by atoms with Gasteiger partial charge in [0.2, 0.25) is 0 Å². The van der Waals surface area contributed by atoms with Crippen LogP contribution in [0.2, 0.25) is 0 Å². The molecule has 0 fully saturated rings. The van der Waals surface area contributed by atoms with Crippen molar-refractivity contribution < 1.29 is 164 Å². The number of allylic oxidation sites excluding steroid dienone is 2. The van der Waals surface area contributed by atoms with Crippen molar-refractivity contribution in [3.05, 3.63) is 24.3 Å². The average Bonchev–Trinajstić information content (AvgIpc) is 3.11. The van der Waals surface area contributed by atoms with Gasteiger partial charge in [0, 0.05) is 5.41 Å². The summed E-state index contributed by atoms with van der Waals surface area (Å²) in [6, 6.07) is 0. The van der Waals surface area contributed by atoms with Gasteiger partial charge in [-0.25, -0.2) is 0 Å². The number of hydrogen-bond acceptors (Lipinski definition) is 3. The van der Waals surface area contributed by atoms with E-state index < -0.39 is 164 Å². The Morgan fingerprint density at radius 1 is 0.323 bits per heavy atom. The van der Waals surface area contributed by atoms with Gasteiger partial charge in [0.05, 0.1) is 33.0 Å². The molecule has 0 bridgehead atoms. The van der Waals surface area contributed by atoms with Gasteiger partial charge in [-0.3, -0.25) is 0 Å². The summed E-state index contributed by atoms with van der Waals surface area (Å²) >= 11 is 0. The van der Waals surface area contributed by atoms with Gasteiger partial charge >= 0.3 is 95.3 Å². The minimum Gasteiger partial charge on any atom is -0.396 e. The first-order valence-corrected chi connectivity index (χ1v) is 15.6. The summed E-state index contributed by atoms with van der Waals surface area (Å²) in [5, 5.41) is 9.54. The molecule has 0 aliphatic rings. The second kappa shape index (κ2) is 17.8. The molecule has 0 aromatic rings. The van der Waals surface area contributed by atoms with Gasteiger partial charge < -0.3 is 14.6 Å². The first kappa shape index (κ1) is 62.0. The van der Waals surface area contributed by atoms with E-state index >= 15 is 0 Å². The summed E-state index contributed by atoms with van der Waals surface area (Å²) in [7, 11) is 0. The molecule has 0 amide bonds. The molecule has 0 saturated heterocycles. The maximum Gasteiger partial charge on any atom is 0.460 e. The Morgan fingerprint density at radius 2 is 0.523 bits per heavy atom. The molecule has 0 unspecified atom stereocenters. The first-order chi connectivity index (χ1) is 28.0. The SMILES string of the molecule is CCC(CO)(COCC=CC(F)(F)C(F)(F)C(F)(F)C(F)(F)C(F)(F)C(F)(F)C(F)(F)C(F)(F)F)COCC=CC(F)(F)C(F)(F)C(F)(F)C(F)(F)C(F)(F)C(F)(F)C(F)(F)C(F)(F)F. The summed E-state index contributed by atoms with van der Waals surface area (Å²) in [5.74, 6) is -118. The Labute approximate surface area is 336 Å². The van der Waals surface area contributed by atoms with Crippen molar-refractivity contribution >= 4 is 0 Å². The van der Waals surface area contributed by atoms with Crippen LogP contribution in [0.1, 0.15) is 13.3 Å². The van der Waals surface area contributed by atoms with E-state index in [9.17, 15) is 154 Å². The Balaban J connectivity index is 6.16. The Bertz CT molecular complexity index is 1530. The molecule has 37 heteroatoms. The van der Waals surface area contributed by atoms with Gasteiger partial charge in [0.15, 0.2) is 0 Å². The van der Waals surface area contributed by atoms with Crippen molar-refractivity contribution in [1.29, 1.82) is 0 Å². The van der Waals surface area contributed by atoms with Crippen molar-refractivity contribution in [2.24, 2.45) is 5.41 Å². The lowest BCUT2D eigenvalue weighted by molar-refractivity contribution is -0.459. The lowest BCUT2D eigenvalue weighted by Gasteiger charge is -2.42. The third-order valence-corrected chi connectivity index (χ3v) is 8.48. The largest absolute Gasteiger partial charge is 0.460 e. The van der Waals surface area contributed by atoms with Crippen LogP contribution >= 0.6 is 0 Å². The quantitative estimate of drug-likeness (QED) is 0.0595. The highest BCUT2D eigenvalue weighted by molar-refractivity contribution is 5.19. The summed E-state index contributed by atoms with van der Waals surface area (Å²) in [6.07, 6.45) is -21.2. The molecular formula is C28H20F34O3. The number of halogens is 34. The topological polar surface area (TPSA) is 38.7 Å². The van der Waals surface area contributed by atoms with E-state index in [1.165, 1.54) is 0 Å². The highest BCUT2D eigenvalue weighted by atomic mass is 19.4. The standard InChI is InChI=1S/C28H20F34O3/c1-2-12(9-63,10-64-7-3-5-13(29,30)15(33,34)17(37,38)19(41,42)21(45,46)23(49,50)25(53,54)27(57,58)59)11-65-8-4-6-14(31,32)16(35,36)18(39,40)20(43,44)22(47,48)24(51,52)26(55,56)28(60,61)62/h3-6,63H,2,7-11H2,1H3. The van der Waals surface area contributed by atoms with Crippen LogP contribution in [0.3, 0.4) is 0 Å². The molecule has 0 aromatic heterocycles. The Kier molecular flexibility index (Phi) is 17.0. The van der Waals surface area contributed by atoms with Crippen molar-refractivity contribution in [1.82, 2.24) is 0 Å². The van der Waals surface area contributed by atoms with Crippen LogP contribution in [0.5, 0.6) is 0 Å². The minimum atomic E-state index is -8.92. The molecule has 1 N–H and O–H groups in total. The predicted molar refractivity (Wildman–Crippen MR) is 141 cm³/mol. The molecule has 0 aromatic carbocycles. The van der Waals surface area contributed by atoms with Gasteiger partial charge in [0.1, 0.15) is 0 Å². The molecule has 0 rings (SSSR count). The number of ether oxygens (including phenoxy) is 2. The molecule has 65 heavy (non-hydrogen) atoms. The van der Waals surface area contributed by atoms with E-state index in [4.69, 9.17) is 0 Å². The average molecular weight is 1050 g/mol. The number of alkyl halides is 34. The van der Waals surface area contributed by atoms with E-state index in [1.54, 1.807) is 0 Å². The zero-order valence-electron chi connectivity index (χ0n) is 30.2.